The van der Waals surface area contributed by atoms with E-state index in [0.29, 0.717) is 11.2 Å². The number of alkyl halides is 3. The number of ketones is 1. The molecule has 0 spiro atoms. The first-order chi connectivity index (χ1) is 14.2. The first-order valence-electron chi connectivity index (χ1n) is 9.13. The molecule has 0 atom stereocenters. The van der Waals surface area contributed by atoms with Crippen molar-refractivity contribution in [1.82, 2.24) is 14.8 Å². The Labute approximate surface area is 177 Å². The molecule has 31 heavy (non-hydrogen) atoms. The minimum absolute atomic E-state index is 0.0224. The molecule has 3 rings (SSSR count). The number of halogens is 3. The van der Waals surface area contributed by atoms with Crippen LogP contribution in [0.1, 0.15) is 44.0 Å². The van der Waals surface area contributed by atoms with Gasteiger partial charge in [0.15, 0.2) is 0 Å². The number of benzene rings is 1. The molecule has 7 nitrogen and oxygen atoms in total. The van der Waals surface area contributed by atoms with Gasteiger partial charge in [-0.3, -0.25) is 9.78 Å². The predicted molar refractivity (Wildman–Crippen MR) is 108 cm³/mol. The Morgan fingerprint density at radius 1 is 1.03 bits per heavy atom. The molecule has 0 aliphatic rings. The lowest BCUT2D eigenvalue weighted by molar-refractivity contribution is -0.0502. The van der Waals surface area contributed by atoms with Crippen LogP contribution in [0.5, 0.6) is 5.88 Å². The highest BCUT2D eigenvalue weighted by Gasteiger charge is 2.49. The highest BCUT2D eigenvalue weighted by molar-refractivity contribution is 7.88. The van der Waals surface area contributed by atoms with Gasteiger partial charge in [0, 0.05) is 23.7 Å². The molecule has 2 heterocycles. The summed E-state index contributed by atoms with van der Waals surface area (Å²) in [5, 5.41) is 4.64. The van der Waals surface area contributed by atoms with Crippen molar-refractivity contribution in [3.8, 4) is 5.88 Å². The standard InChI is InChI=1S/C20H20F3N3O4S/c1-9-7-8-14(17-15(9)11(3)10(2)12(4)24-17)18(27)16-13(5)25-26(6)19(16)30-31(28,29)20(21,22)23/h7-8H,1-6H3. The number of fused-ring (bicyclic) bond motifs is 1. The molecule has 0 saturated carbocycles. The van der Waals surface area contributed by atoms with Gasteiger partial charge in [0.05, 0.1) is 11.2 Å². The second kappa shape index (κ2) is 7.33. The smallest absolute Gasteiger partial charge is 0.355 e. The van der Waals surface area contributed by atoms with Gasteiger partial charge in [-0.1, -0.05) is 6.07 Å². The normalized spacial score (nSPS) is 12.4. The summed E-state index contributed by atoms with van der Waals surface area (Å²) in [7, 11) is -4.81. The average molecular weight is 455 g/mol. The van der Waals surface area contributed by atoms with Crippen molar-refractivity contribution >= 4 is 26.8 Å². The van der Waals surface area contributed by atoms with Gasteiger partial charge in [-0.2, -0.15) is 26.7 Å². The lowest BCUT2D eigenvalue weighted by Crippen LogP contribution is -2.29. The third-order valence-corrected chi connectivity index (χ3v) is 6.20. The van der Waals surface area contributed by atoms with Gasteiger partial charge in [0.25, 0.3) is 0 Å². The summed E-state index contributed by atoms with van der Waals surface area (Å²) in [6.45, 7) is 8.83. The molecule has 0 bridgehead atoms. The van der Waals surface area contributed by atoms with Crippen LogP contribution in [-0.2, 0) is 17.2 Å². The minimum Gasteiger partial charge on any atom is -0.355 e. The highest BCUT2D eigenvalue weighted by Crippen LogP contribution is 2.34. The number of aryl methyl sites for hydroxylation is 5. The lowest BCUT2D eigenvalue weighted by atomic mass is 9.93. The van der Waals surface area contributed by atoms with Crippen molar-refractivity contribution in [3.05, 3.63) is 51.3 Å². The Hall–Kier alpha value is -2.95. The first-order valence-corrected chi connectivity index (χ1v) is 10.5. The maximum Gasteiger partial charge on any atom is 0.534 e. The molecule has 1 aromatic carbocycles. The molecule has 0 aliphatic carbocycles. The molecule has 0 fully saturated rings. The van der Waals surface area contributed by atoms with Gasteiger partial charge in [0.1, 0.15) is 5.56 Å². The zero-order chi connectivity index (χ0) is 23.5. The van der Waals surface area contributed by atoms with Crippen LogP contribution in [-0.4, -0.2) is 34.5 Å². The number of nitrogens with zero attached hydrogens (tertiary/aromatic N) is 3. The summed E-state index contributed by atoms with van der Waals surface area (Å²) < 4.78 is 66.8. The van der Waals surface area contributed by atoms with E-state index < -0.39 is 27.3 Å². The van der Waals surface area contributed by atoms with Crippen LogP contribution in [0.15, 0.2) is 12.1 Å². The number of rotatable bonds is 4. The predicted octanol–water partition coefficient (Wildman–Crippen LogP) is 3.97. The van der Waals surface area contributed by atoms with E-state index in [1.807, 2.05) is 20.8 Å². The summed E-state index contributed by atoms with van der Waals surface area (Å²) >= 11 is 0. The van der Waals surface area contributed by atoms with Crippen LogP contribution < -0.4 is 4.18 Å². The van der Waals surface area contributed by atoms with Gasteiger partial charge in [-0.15, -0.1) is 0 Å². The van der Waals surface area contributed by atoms with Crippen LogP contribution in [0, 0.1) is 34.6 Å². The fourth-order valence-electron chi connectivity index (χ4n) is 3.45. The van der Waals surface area contributed by atoms with E-state index in [1.165, 1.54) is 20.0 Å². The molecule has 0 aliphatic heterocycles. The molecular formula is C20H20F3N3O4S. The fourth-order valence-corrected chi connectivity index (χ4v) is 3.95. The molecule has 0 unspecified atom stereocenters. The first kappa shape index (κ1) is 22.7. The Balaban J connectivity index is 2.27. The molecular weight excluding hydrogens is 435 g/mol. The van der Waals surface area contributed by atoms with Gasteiger partial charge in [0.2, 0.25) is 11.7 Å². The maximum absolute atomic E-state index is 13.4. The van der Waals surface area contributed by atoms with E-state index in [4.69, 9.17) is 0 Å². The third kappa shape index (κ3) is 3.67. The largest absolute Gasteiger partial charge is 0.534 e. The van der Waals surface area contributed by atoms with Crippen molar-refractivity contribution in [2.75, 3.05) is 0 Å². The molecule has 0 N–H and O–H groups in total. The average Bonchev–Trinajstić information content (AvgIpc) is 2.91. The highest BCUT2D eigenvalue weighted by atomic mass is 32.2. The summed E-state index contributed by atoms with van der Waals surface area (Å²) in [4.78, 5) is 18.0. The number of hydrogen-bond donors (Lipinski definition) is 0. The number of carbonyl (C=O) groups excluding carboxylic acids is 1. The van der Waals surface area contributed by atoms with E-state index in [0.717, 1.165) is 26.8 Å². The van der Waals surface area contributed by atoms with Crippen LogP contribution in [0.25, 0.3) is 10.9 Å². The van der Waals surface area contributed by atoms with E-state index >= 15 is 0 Å². The monoisotopic (exact) mass is 455 g/mol. The SMILES string of the molecule is Cc1nc2c(C(=O)c3c(C)nn(C)c3OS(=O)(=O)C(F)(F)F)ccc(C)c2c(C)c1C. The summed E-state index contributed by atoms with van der Waals surface area (Å²) in [5.41, 5.74) is -2.08. The van der Waals surface area contributed by atoms with Gasteiger partial charge >= 0.3 is 15.6 Å². The Kier molecular flexibility index (Phi) is 5.37. The van der Waals surface area contributed by atoms with Crippen molar-refractivity contribution in [1.29, 1.82) is 0 Å². The van der Waals surface area contributed by atoms with Crippen molar-refractivity contribution in [2.45, 2.75) is 40.1 Å². The van der Waals surface area contributed by atoms with E-state index in [9.17, 15) is 26.4 Å². The van der Waals surface area contributed by atoms with Gasteiger partial charge in [-0.05, 0) is 57.4 Å². The second-order valence-electron chi connectivity index (χ2n) is 7.30. The summed E-state index contributed by atoms with van der Waals surface area (Å²) in [6.07, 6.45) is 0. The summed E-state index contributed by atoms with van der Waals surface area (Å²) in [6, 6.07) is 3.22. The maximum atomic E-state index is 13.4. The number of carbonyl (C=O) groups is 1. The Morgan fingerprint density at radius 3 is 2.23 bits per heavy atom. The molecule has 166 valence electrons. The zero-order valence-corrected chi connectivity index (χ0v) is 18.5. The molecule has 11 heteroatoms. The van der Waals surface area contributed by atoms with E-state index in [2.05, 4.69) is 14.3 Å². The van der Waals surface area contributed by atoms with Crippen molar-refractivity contribution in [3.63, 3.8) is 0 Å². The third-order valence-electron chi connectivity index (χ3n) is 5.26. The van der Waals surface area contributed by atoms with E-state index in [1.54, 1.807) is 13.0 Å². The van der Waals surface area contributed by atoms with Crippen molar-refractivity contribution in [2.24, 2.45) is 7.05 Å². The second-order valence-corrected chi connectivity index (χ2v) is 8.84. The van der Waals surface area contributed by atoms with Crippen LogP contribution >= 0.6 is 0 Å². The topological polar surface area (TPSA) is 91.2 Å². The quantitative estimate of drug-likeness (QED) is 0.336. The van der Waals surface area contributed by atoms with Crippen molar-refractivity contribution < 1.29 is 30.6 Å². The molecule has 2 aromatic heterocycles. The van der Waals surface area contributed by atoms with Gasteiger partial charge < -0.3 is 4.18 Å². The Morgan fingerprint density at radius 2 is 1.65 bits per heavy atom. The van der Waals surface area contributed by atoms with Crippen LogP contribution in [0.4, 0.5) is 13.2 Å². The Bertz CT molecular complexity index is 1340. The van der Waals surface area contributed by atoms with E-state index in [-0.39, 0.29) is 16.8 Å². The molecule has 0 saturated heterocycles. The van der Waals surface area contributed by atoms with Crippen LogP contribution in [0.2, 0.25) is 0 Å². The molecule has 0 amide bonds. The number of pyridine rings is 1. The van der Waals surface area contributed by atoms with Crippen LogP contribution in [0.3, 0.4) is 0 Å². The molecule has 0 radical (unpaired) electrons. The van der Waals surface area contributed by atoms with Gasteiger partial charge in [-0.25, -0.2) is 4.68 Å². The zero-order valence-electron chi connectivity index (χ0n) is 17.7. The molecule has 3 aromatic rings. The minimum atomic E-state index is -6.00. The number of hydrogen-bond acceptors (Lipinski definition) is 6. The lowest BCUT2D eigenvalue weighted by Gasteiger charge is -2.15. The number of aromatic nitrogens is 3. The fraction of sp³-hybridized carbons (Fsp3) is 0.350. The summed E-state index contributed by atoms with van der Waals surface area (Å²) in [5.74, 6) is -1.55.